The Morgan fingerprint density at radius 1 is 1.13 bits per heavy atom. The Kier molecular flexibility index (Phi) is 6.35. The molecule has 0 atom stereocenters. The van der Waals surface area contributed by atoms with Crippen LogP contribution in [-0.2, 0) is 19.1 Å². The quantitative estimate of drug-likeness (QED) is 0.532. The zero-order chi connectivity index (χ0) is 21.9. The van der Waals surface area contributed by atoms with Gasteiger partial charge in [0.25, 0.3) is 5.69 Å². The lowest BCUT2D eigenvalue weighted by Crippen LogP contribution is -2.34. The fraction of sp³-hybridized carbons (Fsp3) is 0.400. The third-order valence-corrected chi connectivity index (χ3v) is 5.05. The monoisotopic (exact) mass is 425 g/mol. The maximum Gasteiger partial charge on any atom is 0.423 e. The molecule has 1 N–H and O–H groups in total. The van der Waals surface area contributed by atoms with Gasteiger partial charge in [0, 0.05) is 37.9 Å². The maximum atomic E-state index is 13.1. The van der Waals surface area contributed by atoms with E-state index in [2.05, 4.69) is 10.2 Å². The predicted molar refractivity (Wildman–Crippen MR) is 105 cm³/mol. The molecule has 0 spiro atoms. The highest BCUT2D eigenvalue weighted by Gasteiger charge is 2.38. The Bertz CT molecular complexity index is 934. The highest BCUT2D eigenvalue weighted by atomic mass is 19.4. The van der Waals surface area contributed by atoms with Gasteiger partial charge in [-0.15, -0.1) is 0 Å². The lowest BCUT2D eigenvalue weighted by atomic mass is 9.99. The van der Waals surface area contributed by atoms with E-state index in [0.29, 0.717) is 31.1 Å². The molecular weight excluding hydrogens is 403 g/mol. The van der Waals surface area contributed by atoms with E-state index in [1.807, 2.05) is 12.1 Å². The van der Waals surface area contributed by atoms with Crippen molar-refractivity contribution < 1.29 is 27.6 Å². The number of methoxy groups -OCH3 is 2. The Morgan fingerprint density at radius 2 is 1.80 bits per heavy atom. The third-order valence-electron chi connectivity index (χ3n) is 5.05. The molecule has 2 aromatic rings. The lowest BCUT2D eigenvalue weighted by molar-refractivity contribution is -0.388. The van der Waals surface area contributed by atoms with Gasteiger partial charge in [0.15, 0.2) is 11.5 Å². The van der Waals surface area contributed by atoms with Crippen molar-refractivity contribution in [3.05, 3.63) is 57.1 Å². The molecule has 0 saturated carbocycles. The summed E-state index contributed by atoms with van der Waals surface area (Å²) in [5.74, 6) is 1.34. The molecule has 7 nitrogen and oxygen atoms in total. The van der Waals surface area contributed by atoms with Crippen molar-refractivity contribution in [1.82, 2.24) is 4.90 Å². The summed E-state index contributed by atoms with van der Waals surface area (Å²) in [5, 5.41) is 13.8. The van der Waals surface area contributed by atoms with Crippen LogP contribution >= 0.6 is 0 Å². The molecule has 2 aromatic carbocycles. The molecule has 1 heterocycles. The summed E-state index contributed by atoms with van der Waals surface area (Å²) in [6.07, 6.45) is -3.97. The van der Waals surface area contributed by atoms with Gasteiger partial charge in [0.05, 0.1) is 19.1 Å². The van der Waals surface area contributed by atoms with Gasteiger partial charge in [-0.2, -0.15) is 13.2 Å². The predicted octanol–water partition coefficient (Wildman–Crippen LogP) is 4.10. The number of nitro groups is 1. The number of nitrogens with one attached hydrogen (secondary N) is 1. The van der Waals surface area contributed by atoms with Crippen LogP contribution < -0.4 is 14.8 Å². The number of ether oxygens (including phenoxy) is 2. The van der Waals surface area contributed by atoms with Crippen molar-refractivity contribution in [3.63, 3.8) is 0 Å². The van der Waals surface area contributed by atoms with Gasteiger partial charge in [0.1, 0.15) is 5.56 Å². The second-order valence-corrected chi connectivity index (χ2v) is 6.92. The summed E-state index contributed by atoms with van der Waals surface area (Å²) in [6, 6.07) is 6.86. The lowest BCUT2D eigenvalue weighted by Gasteiger charge is -2.29. The van der Waals surface area contributed by atoms with Crippen LogP contribution in [0.25, 0.3) is 0 Å². The van der Waals surface area contributed by atoms with Crippen LogP contribution in [0.3, 0.4) is 0 Å². The van der Waals surface area contributed by atoms with Crippen LogP contribution in [0.4, 0.5) is 24.5 Å². The number of nitro benzene ring substituents is 1. The molecule has 0 unspecified atom stereocenters. The molecule has 10 heteroatoms. The first-order chi connectivity index (χ1) is 14.2. The van der Waals surface area contributed by atoms with E-state index in [9.17, 15) is 23.3 Å². The molecular formula is C20H22F3N3O4. The molecule has 3 rings (SSSR count). The number of fused-ring (bicyclic) bond motifs is 1. The minimum atomic E-state index is -4.79. The first kappa shape index (κ1) is 21.7. The van der Waals surface area contributed by atoms with Crippen molar-refractivity contribution in [3.8, 4) is 11.5 Å². The smallest absolute Gasteiger partial charge is 0.423 e. The topological polar surface area (TPSA) is 76.9 Å². The van der Waals surface area contributed by atoms with Crippen LogP contribution in [0.2, 0.25) is 0 Å². The van der Waals surface area contributed by atoms with Crippen LogP contribution in [0.5, 0.6) is 11.5 Å². The Hall–Kier alpha value is -3.01. The third kappa shape index (κ3) is 4.76. The molecule has 0 aliphatic carbocycles. The van der Waals surface area contributed by atoms with Gasteiger partial charge in [0.2, 0.25) is 0 Å². The van der Waals surface area contributed by atoms with E-state index in [0.717, 1.165) is 30.7 Å². The number of halogens is 3. The van der Waals surface area contributed by atoms with E-state index < -0.39 is 22.4 Å². The summed E-state index contributed by atoms with van der Waals surface area (Å²) in [6.45, 7) is 2.49. The van der Waals surface area contributed by atoms with Crippen molar-refractivity contribution in [2.75, 3.05) is 39.2 Å². The number of nitrogens with zero attached hydrogens (tertiary/aromatic N) is 2. The standard InChI is InChI=1S/C20H22F3N3O4/c1-29-18-9-13-5-7-25(12-14(13)10-19(18)30-2)8-6-24-15-3-4-17(26(27)28)16(11-15)20(21,22)23/h3-4,9-11,24H,5-8,12H2,1-2H3. The summed E-state index contributed by atoms with van der Waals surface area (Å²) in [4.78, 5) is 12.0. The number of rotatable bonds is 7. The fourth-order valence-corrected chi connectivity index (χ4v) is 3.52. The fourth-order valence-electron chi connectivity index (χ4n) is 3.52. The van der Waals surface area contributed by atoms with Crippen LogP contribution in [0.15, 0.2) is 30.3 Å². The molecule has 1 aliphatic rings. The number of benzene rings is 2. The summed E-state index contributed by atoms with van der Waals surface area (Å²) < 4.78 is 50.0. The van der Waals surface area contributed by atoms with E-state index in [-0.39, 0.29) is 5.69 Å². The van der Waals surface area contributed by atoms with Gasteiger partial charge >= 0.3 is 6.18 Å². The zero-order valence-electron chi connectivity index (χ0n) is 16.6. The Morgan fingerprint density at radius 3 is 2.40 bits per heavy atom. The van der Waals surface area contributed by atoms with Crippen molar-refractivity contribution >= 4 is 11.4 Å². The van der Waals surface area contributed by atoms with Gasteiger partial charge < -0.3 is 14.8 Å². The Balaban J connectivity index is 1.63. The molecule has 0 radical (unpaired) electrons. The maximum absolute atomic E-state index is 13.1. The molecule has 0 saturated heterocycles. The molecule has 0 fully saturated rings. The number of anilines is 1. The molecule has 0 bridgehead atoms. The number of hydrogen-bond acceptors (Lipinski definition) is 6. The first-order valence-corrected chi connectivity index (χ1v) is 9.28. The average Bonchev–Trinajstić information content (AvgIpc) is 2.71. The molecule has 0 aromatic heterocycles. The summed E-state index contributed by atoms with van der Waals surface area (Å²) >= 11 is 0. The van der Waals surface area contributed by atoms with E-state index >= 15 is 0 Å². The van der Waals surface area contributed by atoms with Crippen LogP contribution in [-0.4, -0.2) is 43.7 Å². The zero-order valence-corrected chi connectivity index (χ0v) is 16.6. The second kappa shape index (κ2) is 8.78. The highest BCUT2D eigenvalue weighted by molar-refractivity contribution is 5.55. The first-order valence-electron chi connectivity index (χ1n) is 9.28. The van der Waals surface area contributed by atoms with E-state index in [4.69, 9.17) is 9.47 Å². The van der Waals surface area contributed by atoms with Crippen molar-refractivity contribution in [2.45, 2.75) is 19.1 Å². The minimum absolute atomic E-state index is 0.191. The highest BCUT2D eigenvalue weighted by Crippen LogP contribution is 2.37. The Labute approximate surface area is 171 Å². The summed E-state index contributed by atoms with van der Waals surface area (Å²) in [5.41, 5.74) is 0.280. The van der Waals surface area contributed by atoms with Crippen molar-refractivity contribution in [2.24, 2.45) is 0 Å². The van der Waals surface area contributed by atoms with Crippen LogP contribution in [0, 0.1) is 10.1 Å². The van der Waals surface area contributed by atoms with E-state index in [1.54, 1.807) is 14.2 Å². The average molecular weight is 425 g/mol. The van der Waals surface area contributed by atoms with Gasteiger partial charge in [-0.05, 0) is 41.8 Å². The molecule has 30 heavy (non-hydrogen) atoms. The van der Waals surface area contributed by atoms with E-state index in [1.165, 1.54) is 11.6 Å². The van der Waals surface area contributed by atoms with Gasteiger partial charge in [-0.1, -0.05) is 0 Å². The number of alkyl halides is 3. The SMILES string of the molecule is COc1cc2c(cc1OC)CN(CCNc1ccc([N+](=O)[O-])c(C(F)(F)F)c1)CC2. The molecule has 0 amide bonds. The number of hydrogen-bond donors (Lipinski definition) is 1. The van der Waals surface area contributed by atoms with Gasteiger partial charge in [-0.3, -0.25) is 15.0 Å². The summed E-state index contributed by atoms with van der Waals surface area (Å²) in [7, 11) is 3.17. The molecule has 1 aliphatic heterocycles. The largest absolute Gasteiger partial charge is 0.493 e. The van der Waals surface area contributed by atoms with Crippen molar-refractivity contribution in [1.29, 1.82) is 0 Å². The normalized spacial score (nSPS) is 14.2. The minimum Gasteiger partial charge on any atom is -0.493 e. The van der Waals surface area contributed by atoms with Crippen LogP contribution in [0.1, 0.15) is 16.7 Å². The van der Waals surface area contributed by atoms with Gasteiger partial charge in [-0.25, -0.2) is 0 Å². The second-order valence-electron chi connectivity index (χ2n) is 6.92. The molecule has 162 valence electrons.